The highest BCUT2D eigenvalue weighted by Crippen LogP contribution is 2.43. The summed E-state index contributed by atoms with van der Waals surface area (Å²) in [6, 6.07) is 12.4. The Morgan fingerprint density at radius 1 is 1.04 bits per heavy atom. The molecule has 1 aromatic heterocycles. The standard InChI is InChI=1S/C20H18F3NO/c21-20(22,23)18-16-12-15(25)11-14-7-4-10-24(19(14)16)17(18)9-8-13-5-2-1-3-6-13/h1-3,5-6,11-12,25H,4,7-10H2. The number of phenolic OH excluding ortho intramolecular Hbond substituents is 1. The lowest BCUT2D eigenvalue weighted by atomic mass is 10.0. The zero-order valence-electron chi connectivity index (χ0n) is 13.6. The van der Waals surface area contributed by atoms with Gasteiger partial charge in [-0.15, -0.1) is 0 Å². The predicted molar refractivity (Wildman–Crippen MR) is 90.8 cm³/mol. The van der Waals surface area contributed by atoms with Crippen molar-refractivity contribution in [3.63, 3.8) is 0 Å². The Morgan fingerprint density at radius 3 is 2.52 bits per heavy atom. The number of hydrogen-bond donors (Lipinski definition) is 1. The van der Waals surface area contributed by atoms with Gasteiger partial charge in [0.1, 0.15) is 5.75 Å². The van der Waals surface area contributed by atoms with E-state index in [1.54, 1.807) is 6.07 Å². The summed E-state index contributed by atoms with van der Waals surface area (Å²) < 4.78 is 43.3. The summed E-state index contributed by atoms with van der Waals surface area (Å²) in [5.41, 5.74) is 2.21. The van der Waals surface area contributed by atoms with Gasteiger partial charge in [0.2, 0.25) is 0 Å². The van der Waals surface area contributed by atoms with Crippen LogP contribution < -0.4 is 0 Å². The fourth-order valence-electron chi connectivity index (χ4n) is 3.96. The molecule has 2 heterocycles. The van der Waals surface area contributed by atoms with Crippen molar-refractivity contribution in [2.75, 3.05) is 0 Å². The Kier molecular flexibility index (Phi) is 3.74. The van der Waals surface area contributed by atoms with E-state index >= 15 is 0 Å². The number of rotatable bonds is 3. The third-order valence-corrected chi connectivity index (χ3v) is 4.93. The summed E-state index contributed by atoms with van der Waals surface area (Å²) in [4.78, 5) is 0. The molecule has 4 rings (SSSR count). The first-order valence-electron chi connectivity index (χ1n) is 8.43. The molecule has 0 amide bonds. The second-order valence-corrected chi connectivity index (χ2v) is 6.56. The highest BCUT2D eigenvalue weighted by atomic mass is 19.4. The first-order valence-corrected chi connectivity index (χ1v) is 8.43. The predicted octanol–water partition coefficient (Wildman–Crippen LogP) is 5.10. The van der Waals surface area contributed by atoms with E-state index in [2.05, 4.69) is 0 Å². The third-order valence-electron chi connectivity index (χ3n) is 4.93. The number of aromatic nitrogens is 1. The van der Waals surface area contributed by atoms with Crippen LogP contribution in [0, 0.1) is 0 Å². The molecule has 0 fully saturated rings. The van der Waals surface area contributed by atoms with Crippen LogP contribution in [0.4, 0.5) is 13.2 Å². The number of nitrogens with zero attached hydrogens (tertiary/aromatic N) is 1. The van der Waals surface area contributed by atoms with Gasteiger partial charge in [0.15, 0.2) is 0 Å². The molecular weight excluding hydrogens is 327 g/mol. The van der Waals surface area contributed by atoms with Crippen LogP contribution in [0.2, 0.25) is 0 Å². The number of hydrogen-bond acceptors (Lipinski definition) is 1. The van der Waals surface area contributed by atoms with Gasteiger partial charge in [-0.2, -0.15) is 13.2 Å². The van der Waals surface area contributed by atoms with Crippen LogP contribution in [-0.4, -0.2) is 9.67 Å². The monoisotopic (exact) mass is 345 g/mol. The van der Waals surface area contributed by atoms with Gasteiger partial charge in [-0.1, -0.05) is 30.3 Å². The Labute approximate surface area is 143 Å². The number of aromatic hydroxyl groups is 1. The summed E-state index contributed by atoms with van der Waals surface area (Å²) in [6.45, 7) is 0.592. The number of aryl methyl sites for hydroxylation is 3. The van der Waals surface area contributed by atoms with Crippen molar-refractivity contribution in [1.82, 2.24) is 4.57 Å². The first kappa shape index (κ1) is 16.1. The maximum Gasteiger partial charge on any atom is 0.418 e. The fourth-order valence-corrected chi connectivity index (χ4v) is 3.96. The first-order chi connectivity index (χ1) is 11.9. The number of halogens is 3. The Hall–Kier alpha value is -2.43. The van der Waals surface area contributed by atoms with Gasteiger partial charge < -0.3 is 9.67 Å². The molecule has 0 aliphatic carbocycles. The van der Waals surface area contributed by atoms with Crippen LogP contribution >= 0.6 is 0 Å². The van der Waals surface area contributed by atoms with Crippen LogP contribution in [0.1, 0.15) is 28.8 Å². The van der Waals surface area contributed by atoms with Crippen molar-refractivity contribution in [2.24, 2.45) is 0 Å². The minimum absolute atomic E-state index is 0.0957. The maximum absolute atomic E-state index is 13.8. The lowest BCUT2D eigenvalue weighted by molar-refractivity contribution is -0.137. The zero-order valence-corrected chi connectivity index (χ0v) is 13.6. The third kappa shape index (κ3) is 2.77. The molecular formula is C20H18F3NO. The van der Waals surface area contributed by atoms with Gasteiger partial charge >= 0.3 is 6.18 Å². The van der Waals surface area contributed by atoms with E-state index in [1.165, 1.54) is 6.07 Å². The van der Waals surface area contributed by atoms with Gasteiger partial charge in [-0.25, -0.2) is 0 Å². The average Bonchev–Trinajstić information content (AvgIpc) is 2.89. The van der Waals surface area contributed by atoms with Crippen molar-refractivity contribution in [1.29, 1.82) is 0 Å². The molecule has 0 saturated heterocycles. The van der Waals surface area contributed by atoms with Gasteiger partial charge in [-0.05, 0) is 48.9 Å². The summed E-state index contributed by atoms with van der Waals surface area (Å²) in [6.07, 6.45) is -2.07. The van der Waals surface area contributed by atoms with E-state index in [-0.39, 0.29) is 11.1 Å². The normalized spacial score (nSPS) is 14.2. The summed E-state index contributed by atoms with van der Waals surface area (Å²) >= 11 is 0. The van der Waals surface area contributed by atoms with E-state index < -0.39 is 11.7 Å². The van der Waals surface area contributed by atoms with Gasteiger partial charge in [0.25, 0.3) is 0 Å². The minimum Gasteiger partial charge on any atom is -0.508 e. The summed E-state index contributed by atoms with van der Waals surface area (Å²) in [5.74, 6) is -0.0957. The molecule has 2 nitrogen and oxygen atoms in total. The van der Waals surface area contributed by atoms with E-state index in [4.69, 9.17) is 0 Å². The molecule has 1 aliphatic heterocycles. The lowest BCUT2D eigenvalue weighted by Crippen LogP contribution is -2.14. The Bertz CT molecular complexity index is 926. The van der Waals surface area contributed by atoms with Crippen molar-refractivity contribution >= 4 is 10.9 Å². The lowest BCUT2D eigenvalue weighted by Gasteiger charge is -2.18. The second-order valence-electron chi connectivity index (χ2n) is 6.56. The summed E-state index contributed by atoms with van der Waals surface area (Å²) in [7, 11) is 0. The van der Waals surface area contributed by atoms with Crippen molar-refractivity contribution in [3.05, 3.63) is 64.8 Å². The fraction of sp³-hybridized carbons (Fsp3) is 0.300. The van der Waals surface area contributed by atoms with Crippen LogP contribution in [-0.2, 0) is 32.0 Å². The largest absolute Gasteiger partial charge is 0.508 e. The SMILES string of the molecule is Oc1cc2c3c(c1)c(C(F)(F)F)c(CCc1ccccc1)n3CCC2. The highest BCUT2D eigenvalue weighted by molar-refractivity contribution is 5.90. The molecule has 1 N–H and O–H groups in total. The molecule has 3 aromatic rings. The molecule has 1 aliphatic rings. The number of benzene rings is 2. The molecule has 130 valence electrons. The van der Waals surface area contributed by atoms with E-state index in [1.807, 2.05) is 34.9 Å². The van der Waals surface area contributed by atoms with Crippen LogP contribution in [0.3, 0.4) is 0 Å². The quantitative estimate of drug-likeness (QED) is 0.702. The second kappa shape index (κ2) is 5.83. The van der Waals surface area contributed by atoms with Crippen LogP contribution in [0.25, 0.3) is 10.9 Å². The molecule has 0 atom stereocenters. The van der Waals surface area contributed by atoms with Gasteiger partial charge in [0, 0.05) is 17.6 Å². The zero-order chi connectivity index (χ0) is 17.6. The molecule has 0 unspecified atom stereocenters. The highest BCUT2D eigenvalue weighted by Gasteiger charge is 2.39. The summed E-state index contributed by atoms with van der Waals surface area (Å²) in [5, 5.41) is 10.0. The van der Waals surface area contributed by atoms with Crippen molar-refractivity contribution in [3.8, 4) is 5.75 Å². The minimum atomic E-state index is -4.44. The molecule has 0 radical (unpaired) electrons. The molecule has 2 aromatic carbocycles. The Balaban J connectivity index is 1.89. The number of alkyl halides is 3. The molecule has 0 bridgehead atoms. The Morgan fingerprint density at radius 2 is 1.80 bits per heavy atom. The van der Waals surface area contributed by atoms with Crippen LogP contribution in [0.5, 0.6) is 5.75 Å². The molecule has 0 spiro atoms. The van der Waals surface area contributed by atoms with E-state index in [0.717, 1.165) is 17.5 Å². The van der Waals surface area contributed by atoms with Crippen LogP contribution in [0.15, 0.2) is 42.5 Å². The smallest absolute Gasteiger partial charge is 0.418 e. The van der Waals surface area contributed by atoms with Gasteiger partial charge in [-0.3, -0.25) is 0 Å². The van der Waals surface area contributed by atoms with Gasteiger partial charge in [0.05, 0.1) is 11.1 Å². The van der Waals surface area contributed by atoms with E-state index in [9.17, 15) is 18.3 Å². The molecule has 25 heavy (non-hydrogen) atoms. The topological polar surface area (TPSA) is 25.2 Å². The van der Waals surface area contributed by atoms with Crippen molar-refractivity contribution in [2.45, 2.75) is 38.4 Å². The van der Waals surface area contributed by atoms with E-state index in [0.29, 0.717) is 37.0 Å². The average molecular weight is 345 g/mol. The maximum atomic E-state index is 13.8. The number of phenols is 1. The molecule has 0 saturated carbocycles. The molecule has 5 heteroatoms. The van der Waals surface area contributed by atoms with Crippen molar-refractivity contribution < 1.29 is 18.3 Å².